The minimum atomic E-state index is -0.227. The summed E-state index contributed by atoms with van der Waals surface area (Å²) in [5.41, 5.74) is 2.82. The summed E-state index contributed by atoms with van der Waals surface area (Å²) < 4.78 is 14.9. The summed E-state index contributed by atoms with van der Waals surface area (Å²) in [5, 5.41) is 11.4. The van der Waals surface area contributed by atoms with Crippen LogP contribution in [0, 0.1) is 5.82 Å². The van der Waals surface area contributed by atoms with Gasteiger partial charge in [0.2, 0.25) is 0 Å². The van der Waals surface area contributed by atoms with E-state index < -0.39 is 0 Å². The fourth-order valence-corrected chi connectivity index (χ4v) is 2.50. The van der Waals surface area contributed by atoms with Crippen LogP contribution in [0.3, 0.4) is 0 Å². The number of benzene rings is 1. The van der Waals surface area contributed by atoms with Crippen LogP contribution in [-0.4, -0.2) is 19.7 Å². The number of hydrogen-bond donors (Lipinski definition) is 1. The van der Waals surface area contributed by atoms with Crippen LogP contribution < -0.4 is 5.32 Å². The highest BCUT2D eigenvalue weighted by molar-refractivity contribution is 5.60. The number of aromatic nitrogens is 4. The number of nitrogens with one attached hydrogen (secondary N) is 1. The second-order valence-electron chi connectivity index (χ2n) is 5.38. The van der Waals surface area contributed by atoms with Crippen LogP contribution in [-0.2, 0) is 7.05 Å². The molecule has 23 heavy (non-hydrogen) atoms. The Labute approximate surface area is 134 Å². The highest BCUT2D eigenvalue weighted by Gasteiger charge is 2.11. The Balaban J connectivity index is 1.84. The maximum absolute atomic E-state index is 13.1. The number of nitrogens with zero attached hydrogens (tertiary/aromatic N) is 4. The molecule has 0 bridgehead atoms. The molecular weight excluding hydrogens is 293 g/mol. The van der Waals surface area contributed by atoms with Gasteiger partial charge in [0.15, 0.2) is 5.82 Å². The van der Waals surface area contributed by atoms with Crippen molar-refractivity contribution in [3.05, 3.63) is 60.4 Å². The van der Waals surface area contributed by atoms with Gasteiger partial charge in [-0.2, -0.15) is 0 Å². The fraction of sp³-hybridized carbons (Fsp3) is 0.235. The molecule has 1 aromatic carbocycles. The average molecular weight is 311 g/mol. The third kappa shape index (κ3) is 3.36. The topological polar surface area (TPSA) is 55.6 Å². The second-order valence-corrected chi connectivity index (χ2v) is 5.38. The predicted molar refractivity (Wildman–Crippen MR) is 87.3 cm³/mol. The van der Waals surface area contributed by atoms with Crippen molar-refractivity contribution in [3.8, 4) is 11.4 Å². The number of pyridine rings is 1. The Kier molecular flexibility index (Phi) is 4.32. The normalized spacial score (nSPS) is 12.1. The van der Waals surface area contributed by atoms with E-state index in [1.54, 1.807) is 30.9 Å². The molecule has 0 radical (unpaired) electrons. The lowest BCUT2D eigenvalue weighted by Crippen LogP contribution is -2.10. The zero-order valence-electron chi connectivity index (χ0n) is 13.1. The first kappa shape index (κ1) is 15.1. The van der Waals surface area contributed by atoms with E-state index in [2.05, 4.69) is 27.4 Å². The Morgan fingerprint density at radius 3 is 2.65 bits per heavy atom. The summed E-state index contributed by atoms with van der Waals surface area (Å²) in [7, 11) is 1.89. The fourth-order valence-electron chi connectivity index (χ4n) is 2.50. The van der Waals surface area contributed by atoms with E-state index in [1.807, 2.05) is 17.7 Å². The Bertz CT molecular complexity index is 782. The van der Waals surface area contributed by atoms with E-state index in [-0.39, 0.29) is 11.9 Å². The first-order valence-corrected chi connectivity index (χ1v) is 7.48. The van der Waals surface area contributed by atoms with Crippen molar-refractivity contribution in [2.75, 3.05) is 5.32 Å². The molecule has 0 amide bonds. The largest absolute Gasteiger partial charge is 0.377 e. The van der Waals surface area contributed by atoms with E-state index in [9.17, 15) is 4.39 Å². The van der Waals surface area contributed by atoms with E-state index in [4.69, 9.17) is 0 Å². The van der Waals surface area contributed by atoms with Gasteiger partial charge in [0, 0.05) is 25.0 Å². The second kappa shape index (κ2) is 6.56. The highest BCUT2D eigenvalue weighted by atomic mass is 19.1. The van der Waals surface area contributed by atoms with E-state index >= 15 is 0 Å². The minimum absolute atomic E-state index is 0.0900. The summed E-state index contributed by atoms with van der Waals surface area (Å²) in [4.78, 5) is 4.27. The lowest BCUT2D eigenvalue weighted by molar-refractivity contribution is 0.625. The van der Waals surface area contributed by atoms with Crippen molar-refractivity contribution in [1.82, 2.24) is 19.7 Å². The van der Waals surface area contributed by atoms with Gasteiger partial charge in [0.05, 0.1) is 11.7 Å². The molecule has 118 valence electrons. The van der Waals surface area contributed by atoms with E-state index in [0.717, 1.165) is 29.1 Å². The summed E-state index contributed by atoms with van der Waals surface area (Å²) in [6.45, 7) is 2.08. The molecule has 0 saturated heterocycles. The van der Waals surface area contributed by atoms with Gasteiger partial charge in [-0.3, -0.25) is 4.98 Å². The van der Waals surface area contributed by atoms with Crippen molar-refractivity contribution in [2.24, 2.45) is 7.05 Å². The first-order valence-electron chi connectivity index (χ1n) is 7.48. The molecule has 3 aromatic rings. The van der Waals surface area contributed by atoms with Crippen LogP contribution >= 0.6 is 0 Å². The van der Waals surface area contributed by atoms with Gasteiger partial charge in [-0.15, -0.1) is 10.2 Å². The number of halogens is 1. The Hall–Kier alpha value is -2.76. The molecule has 0 unspecified atom stereocenters. The number of rotatable bonds is 5. The highest BCUT2D eigenvalue weighted by Crippen LogP contribution is 2.25. The molecule has 1 N–H and O–H groups in total. The standard InChI is InChI=1S/C17H18FN5/c1-3-16(12-4-6-14(18)7-5-12)21-15-8-13(9-19-10-15)17-22-20-11-23(17)2/h4-11,16,21H,3H2,1-2H3/t16-/m0/s1. The summed E-state index contributed by atoms with van der Waals surface area (Å²) in [6, 6.07) is 8.64. The van der Waals surface area contributed by atoms with Crippen LogP contribution in [0.4, 0.5) is 10.1 Å². The quantitative estimate of drug-likeness (QED) is 0.782. The van der Waals surface area contributed by atoms with E-state index in [0.29, 0.717) is 0 Å². The van der Waals surface area contributed by atoms with Gasteiger partial charge in [0.25, 0.3) is 0 Å². The molecule has 5 nitrogen and oxygen atoms in total. The molecular formula is C17H18FN5. The SMILES string of the molecule is CC[C@H](Nc1cncc(-c2nncn2C)c1)c1ccc(F)cc1. The molecule has 1 atom stereocenters. The maximum atomic E-state index is 13.1. The zero-order chi connectivity index (χ0) is 16.2. The maximum Gasteiger partial charge on any atom is 0.165 e. The van der Waals surface area contributed by atoms with Crippen molar-refractivity contribution in [3.63, 3.8) is 0 Å². The van der Waals surface area contributed by atoms with Crippen LogP contribution in [0.5, 0.6) is 0 Å². The molecule has 6 heteroatoms. The van der Waals surface area contributed by atoms with Crippen LogP contribution in [0.2, 0.25) is 0 Å². The first-order chi connectivity index (χ1) is 11.2. The smallest absolute Gasteiger partial charge is 0.165 e. The van der Waals surface area contributed by atoms with Gasteiger partial charge in [-0.25, -0.2) is 4.39 Å². The lowest BCUT2D eigenvalue weighted by atomic mass is 10.0. The molecule has 0 fully saturated rings. The molecule has 0 saturated carbocycles. The van der Waals surface area contributed by atoms with Gasteiger partial charge in [-0.1, -0.05) is 19.1 Å². The summed E-state index contributed by atoms with van der Waals surface area (Å²) >= 11 is 0. The Morgan fingerprint density at radius 2 is 2.00 bits per heavy atom. The minimum Gasteiger partial charge on any atom is -0.377 e. The Morgan fingerprint density at radius 1 is 1.22 bits per heavy atom. The van der Waals surface area contributed by atoms with Crippen LogP contribution in [0.15, 0.2) is 49.1 Å². The van der Waals surface area contributed by atoms with Crippen molar-refractivity contribution in [1.29, 1.82) is 0 Å². The third-order valence-corrected chi connectivity index (χ3v) is 3.73. The zero-order valence-corrected chi connectivity index (χ0v) is 13.1. The summed E-state index contributed by atoms with van der Waals surface area (Å²) in [5.74, 6) is 0.533. The van der Waals surface area contributed by atoms with E-state index in [1.165, 1.54) is 12.1 Å². The number of aryl methyl sites for hydroxylation is 1. The van der Waals surface area contributed by atoms with Crippen LogP contribution in [0.25, 0.3) is 11.4 Å². The van der Waals surface area contributed by atoms with Gasteiger partial charge >= 0.3 is 0 Å². The summed E-state index contributed by atoms with van der Waals surface area (Å²) in [6.07, 6.45) is 6.06. The lowest BCUT2D eigenvalue weighted by Gasteiger charge is -2.19. The molecule has 2 heterocycles. The molecule has 3 rings (SSSR count). The average Bonchev–Trinajstić information content (AvgIpc) is 3.00. The molecule has 0 spiro atoms. The van der Waals surface area contributed by atoms with Gasteiger partial charge in [-0.05, 0) is 30.2 Å². The molecule has 2 aromatic heterocycles. The third-order valence-electron chi connectivity index (χ3n) is 3.73. The molecule has 0 aliphatic rings. The number of anilines is 1. The van der Waals surface area contributed by atoms with Crippen molar-refractivity contribution < 1.29 is 4.39 Å². The van der Waals surface area contributed by atoms with Crippen molar-refractivity contribution in [2.45, 2.75) is 19.4 Å². The van der Waals surface area contributed by atoms with Crippen LogP contribution in [0.1, 0.15) is 24.9 Å². The van der Waals surface area contributed by atoms with Crippen molar-refractivity contribution >= 4 is 5.69 Å². The van der Waals surface area contributed by atoms with Gasteiger partial charge < -0.3 is 9.88 Å². The molecule has 0 aliphatic heterocycles. The predicted octanol–water partition coefficient (Wildman–Crippen LogP) is 3.58. The molecule has 0 aliphatic carbocycles. The monoisotopic (exact) mass is 311 g/mol. The van der Waals surface area contributed by atoms with Gasteiger partial charge in [0.1, 0.15) is 12.1 Å². The number of hydrogen-bond acceptors (Lipinski definition) is 4.